The lowest BCUT2D eigenvalue weighted by Crippen LogP contribution is -2.58. The number of amides is 3. The van der Waals surface area contributed by atoms with Crippen LogP contribution in [0.1, 0.15) is 19.8 Å². The van der Waals surface area contributed by atoms with Crippen molar-refractivity contribution in [3.8, 4) is 0 Å². The summed E-state index contributed by atoms with van der Waals surface area (Å²) in [5, 5.41) is 33.9. The van der Waals surface area contributed by atoms with E-state index < -0.39 is 61.1 Å². The van der Waals surface area contributed by atoms with Crippen LogP contribution in [0.3, 0.4) is 0 Å². The first kappa shape index (κ1) is 26.0. The first-order chi connectivity index (χ1) is 13.5. The number of carbonyl (C=O) groups is 4. The lowest BCUT2D eigenvalue weighted by Gasteiger charge is -2.23. The van der Waals surface area contributed by atoms with Gasteiger partial charge in [0.2, 0.25) is 17.7 Å². The Morgan fingerprint density at radius 3 is 1.83 bits per heavy atom. The lowest BCUT2D eigenvalue weighted by molar-refractivity contribution is -0.143. The third-order valence-corrected chi connectivity index (χ3v) is 3.60. The number of nitrogens with zero attached hydrogens (tertiary/aromatic N) is 1. The van der Waals surface area contributed by atoms with Gasteiger partial charge in [-0.15, -0.1) is 0 Å². The van der Waals surface area contributed by atoms with Crippen LogP contribution in [-0.2, 0) is 19.2 Å². The number of carboxylic acids is 1. The average molecular weight is 419 g/mol. The van der Waals surface area contributed by atoms with Gasteiger partial charge < -0.3 is 48.5 Å². The molecule has 14 nitrogen and oxygen atoms in total. The predicted molar refractivity (Wildman–Crippen MR) is 101 cm³/mol. The normalized spacial score (nSPS) is 14.6. The van der Waals surface area contributed by atoms with Crippen molar-refractivity contribution in [1.29, 1.82) is 0 Å². The summed E-state index contributed by atoms with van der Waals surface area (Å²) >= 11 is 0. The topological polar surface area (TPSA) is 255 Å². The first-order valence-electron chi connectivity index (χ1n) is 8.70. The zero-order valence-electron chi connectivity index (χ0n) is 16.0. The van der Waals surface area contributed by atoms with Crippen LogP contribution in [0.2, 0.25) is 0 Å². The number of carbonyl (C=O) groups excluding carboxylic acids is 3. The standard InChI is InChI=1S/C15H29N7O7/c1-7(16)11(25)21-9(5-23)13(27)20-8(3-2-4-19-15(17)18)12(26)22-10(6-24)14(28)29/h7-10,23-24H,2-6,16H2,1H3,(H,20,27)(H,21,25)(H,22,26)(H,28,29)(H4,17,18,19). The molecule has 0 aromatic carbocycles. The van der Waals surface area contributed by atoms with Crippen LogP contribution in [0, 0.1) is 0 Å². The van der Waals surface area contributed by atoms with Crippen LogP contribution >= 0.6 is 0 Å². The molecule has 0 aliphatic carbocycles. The van der Waals surface area contributed by atoms with Crippen molar-refractivity contribution in [2.45, 2.75) is 43.9 Å². The summed E-state index contributed by atoms with van der Waals surface area (Å²) in [5.74, 6) is -4.11. The number of aliphatic hydroxyl groups excluding tert-OH is 2. The van der Waals surface area contributed by atoms with Crippen molar-refractivity contribution in [2.24, 2.45) is 22.2 Å². The molecule has 0 radical (unpaired) electrons. The molecule has 0 rings (SSSR count). The molecule has 12 N–H and O–H groups in total. The Kier molecular flexibility index (Phi) is 11.9. The number of aliphatic hydroxyl groups is 2. The molecular weight excluding hydrogens is 390 g/mol. The predicted octanol–water partition coefficient (Wildman–Crippen LogP) is -5.09. The largest absolute Gasteiger partial charge is 0.480 e. The Hall–Kier alpha value is -2.97. The second-order valence-electron chi connectivity index (χ2n) is 6.12. The number of aliphatic imine (C=N–C) groups is 1. The maximum Gasteiger partial charge on any atom is 0.328 e. The summed E-state index contributed by atoms with van der Waals surface area (Å²) in [6, 6.07) is -5.14. The third-order valence-electron chi connectivity index (χ3n) is 3.60. The van der Waals surface area contributed by atoms with Gasteiger partial charge in [0, 0.05) is 6.54 Å². The SMILES string of the molecule is CC(N)C(=O)NC(CO)C(=O)NC(CCCN=C(N)N)C(=O)NC(CO)C(=O)O. The van der Waals surface area contributed by atoms with Gasteiger partial charge in [-0.3, -0.25) is 19.4 Å². The van der Waals surface area contributed by atoms with Crippen molar-refractivity contribution in [3.05, 3.63) is 0 Å². The highest BCUT2D eigenvalue weighted by Gasteiger charge is 2.29. The zero-order valence-corrected chi connectivity index (χ0v) is 16.0. The van der Waals surface area contributed by atoms with Crippen LogP contribution in [0.15, 0.2) is 4.99 Å². The fourth-order valence-corrected chi connectivity index (χ4v) is 2.00. The fraction of sp³-hybridized carbons (Fsp3) is 0.667. The van der Waals surface area contributed by atoms with E-state index in [2.05, 4.69) is 20.9 Å². The summed E-state index contributed by atoms with van der Waals surface area (Å²) in [4.78, 5) is 51.1. The van der Waals surface area contributed by atoms with E-state index >= 15 is 0 Å². The van der Waals surface area contributed by atoms with Gasteiger partial charge in [0.05, 0.1) is 19.3 Å². The minimum absolute atomic E-state index is 0.00546. The maximum atomic E-state index is 12.4. The number of guanidine groups is 1. The monoisotopic (exact) mass is 419 g/mol. The molecular formula is C15H29N7O7. The number of carboxylic acid groups (broad SMARTS) is 1. The van der Waals surface area contributed by atoms with E-state index in [0.717, 1.165) is 0 Å². The highest BCUT2D eigenvalue weighted by atomic mass is 16.4. The molecule has 0 aromatic rings. The number of rotatable bonds is 13. The first-order valence-corrected chi connectivity index (χ1v) is 8.70. The van der Waals surface area contributed by atoms with E-state index in [0.29, 0.717) is 0 Å². The molecule has 0 aromatic heterocycles. The van der Waals surface area contributed by atoms with Gasteiger partial charge in [0.15, 0.2) is 5.96 Å². The Bertz CT molecular complexity index is 608. The quantitative estimate of drug-likeness (QED) is 0.0779. The molecule has 0 heterocycles. The Balaban J connectivity index is 5.21. The highest BCUT2D eigenvalue weighted by Crippen LogP contribution is 2.01. The highest BCUT2D eigenvalue weighted by molar-refractivity contribution is 5.94. The van der Waals surface area contributed by atoms with E-state index in [1.807, 2.05) is 0 Å². The molecule has 3 amide bonds. The zero-order chi connectivity index (χ0) is 22.6. The van der Waals surface area contributed by atoms with Crippen molar-refractivity contribution in [2.75, 3.05) is 19.8 Å². The molecule has 0 saturated carbocycles. The lowest BCUT2D eigenvalue weighted by atomic mass is 10.1. The molecule has 4 unspecified atom stereocenters. The second kappa shape index (κ2) is 13.2. The smallest absolute Gasteiger partial charge is 0.328 e. The van der Waals surface area contributed by atoms with Crippen LogP contribution < -0.4 is 33.2 Å². The number of aliphatic carboxylic acids is 1. The molecule has 0 aliphatic heterocycles. The number of hydrogen-bond acceptors (Lipinski definition) is 8. The summed E-state index contributed by atoms with van der Waals surface area (Å²) in [5.41, 5.74) is 15.8. The minimum atomic E-state index is -1.58. The van der Waals surface area contributed by atoms with Crippen LogP contribution in [-0.4, -0.2) is 88.9 Å². The summed E-state index contributed by atoms with van der Waals surface area (Å²) in [6.45, 7) is -0.113. The number of nitrogens with two attached hydrogens (primary N) is 3. The molecule has 29 heavy (non-hydrogen) atoms. The van der Waals surface area contributed by atoms with Gasteiger partial charge in [-0.2, -0.15) is 0 Å². The van der Waals surface area contributed by atoms with Crippen LogP contribution in [0.4, 0.5) is 0 Å². The minimum Gasteiger partial charge on any atom is -0.480 e. The molecule has 0 fully saturated rings. The van der Waals surface area contributed by atoms with Gasteiger partial charge in [-0.25, -0.2) is 4.79 Å². The van der Waals surface area contributed by atoms with Gasteiger partial charge in [-0.05, 0) is 19.8 Å². The van der Waals surface area contributed by atoms with E-state index in [-0.39, 0.29) is 25.3 Å². The van der Waals surface area contributed by atoms with Crippen molar-refractivity contribution in [1.82, 2.24) is 16.0 Å². The molecule has 0 saturated heterocycles. The van der Waals surface area contributed by atoms with E-state index in [1.54, 1.807) is 0 Å². The Labute approximate surface area is 166 Å². The third kappa shape index (κ3) is 10.2. The van der Waals surface area contributed by atoms with E-state index in [1.165, 1.54) is 6.92 Å². The number of hydrogen-bond donors (Lipinski definition) is 9. The van der Waals surface area contributed by atoms with Gasteiger partial charge in [0.25, 0.3) is 0 Å². The summed E-state index contributed by atoms with van der Waals surface area (Å²) in [6.07, 6.45) is 0.245. The molecule has 0 spiro atoms. The van der Waals surface area contributed by atoms with Crippen molar-refractivity contribution < 1.29 is 34.5 Å². The van der Waals surface area contributed by atoms with Crippen molar-refractivity contribution >= 4 is 29.7 Å². The maximum absolute atomic E-state index is 12.4. The second-order valence-corrected chi connectivity index (χ2v) is 6.12. The van der Waals surface area contributed by atoms with E-state index in [4.69, 9.17) is 27.4 Å². The summed E-state index contributed by atoms with van der Waals surface area (Å²) < 4.78 is 0. The van der Waals surface area contributed by atoms with Gasteiger partial charge >= 0.3 is 5.97 Å². The van der Waals surface area contributed by atoms with Crippen LogP contribution in [0.5, 0.6) is 0 Å². The molecule has 4 atom stereocenters. The van der Waals surface area contributed by atoms with Gasteiger partial charge in [-0.1, -0.05) is 0 Å². The van der Waals surface area contributed by atoms with Crippen molar-refractivity contribution in [3.63, 3.8) is 0 Å². The molecule has 0 aliphatic rings. The Morgan fingerprint density at radius 1 is 0.897 bits per heavy atom. The van der Waals surface area contributed by atoms with Gasteiger partial charge in [0.1, 0.15) is 18.1 Å². The van der Waals surface area contributed by atoms with Crippen LogP contribution in [0.25, 0.3) is 0 Å². The molecule has 0 bridgehead atoms. The average Bonchev–Trinajstić information content (AvgIpc) is 2.65. The number of nitrogens with one attached hydrogen (secondary N) is 3. The molecule has 166 valence electrons. The van der Waals surface area contributed by atoms with E-state index in [9.17, 15) is 24.3 Å². The molecule has 14 heteroatoms. The fourth-order valence-electron chi connectivity index (χ4n) is 2.00. The Morgan fingerprint density at radius 2 is 1.38 bits per heavy atom. The summed E-state index contributed by atoms with van der Waals surface area (Å²) in [7, 11) is 0.